The topological polar surface area (TPSA) is 76.7 Å². The molecule has 6 heteroatoms. The Morgan fingerprint density at radius 1 is 1.50 bits per heavy atom. The van der Waals surface area contributed by atoms with Gasteiger partial charge in [0.25, 0.3) is 0 Å². The molecule has 6 nitrogen and oxygen atoms in total. The lowest BCUT2D eigenvalue weighted by molar-refractivity contribution is 0.0888. The van der Waals surface area contributed by atoms with Gasteiger partial charge in [-0.25, -0.2) is 4.68 Å². The van der Waals surface area contributed by atoms with Gasteiger partial charge in [-0.1, -0.05) is 6.07 Å². The average molecular weight is 191 g/mol. The smallest absolute Gasteiger partial charge is 0.154 e. The lowest BCUT2D eigenvalue weighted by Crippen LogP contribution is -2.12. The average Bonchev–Trinajstić information content (AvgIpc) is 2.72. The van der Waals surface area contributed by atoms with Crippen molar-refractivity contribution >= 4 is 0 Å². The third-order valence-electron chi connectivity index (χ3n) is 1.81. The Balaban J connectivity index is 2.06. The maximum atomic E-state index is 9.66. The van der Waals surface area contributed by atoms with E-state index in [-0.39, 0.29) is 0 Å². The maximum absolute atomic E-state index is 9.66. The molecule has 1 atom stereocenters. The third-order valence-corrected chi connectivity index (χ3v) is 1.81. The van der Waals surface area contributed by atoms with Crippen LogP contribution in [0.25, 0.3) is 0 Å². The summed E-state index contributed by atoms with van der Waals surface area (Å²) in [5.41, 5.74) is 0.940. The van der Waals surface area contributed by atoms with Crippen LogP contribution < -0.4 is 0 Å². The van der Waals surface area contributed by atoms with Gasteiger partial charge in [-0.15, -0.1) is 5.10 Å². The van der Waals surface area contributed by atoms with Gasteiger partial charge in [0, 0.05) is 18.8 Å². The lowest BCUT2D eigenvalue weighted by atomic mass is 10.2. The first-order chi connectivity index (χ1) is 6.86. The molecule has 0 bridgehead atoms. The maximum Gasteiger partial charge on any atom is 0.154 e. The molecule has 14 heavy (non-hydrogen) atoms. The molecule has 1 unspecified atom stereocenters. The number of aliphatic hydroxyl groups is 1. The lowest BCUT2D eigenvalue weighted by Gasteiger charge is -2.08. The fourth-order valence-electron chi connectivity index (χ4n) is 1.13. The molecule has 0 aliphatic carbocycles. The first kappa shape index (κ1) is 8.76. The summed E-state index contributed by atoms with van der Waals surface area (Å²) in [6.45, 7) is 0. The highest BCUT2D eigenvalue weighted by Crippen LogP contribution is 2.07. The first-order valence-electron chi connectivity index (χ1n) is 4.16. The van der Waals surface area contributed by atoms with Gasteiger partial charge in [0.1, 0.15) is 6.33 Å². The number of aromatic nitrogens is 5. The first-order valence-corrected chi connectivity index (χ1v) is 4.16. The number of hydrogen-bond acceptors (Lipinski definition) is 5. The Morgan fingerprint density at radius 2 is 2.43 bits per heavy atom. The van der Waals surface area contributed by atoms with E-state index in [9.17, 15) is 5.11 Å². The van der Waals surface area contributed by atoms with E-state index >= 15 is 0 Å². The fourth-order valence-corrected chi connectivity index (χ4v) is 1.13. The summed E-state index contributed by atoms with van der Waals surface area (Å²) in [5.74, 6) is 0. The van der Waals surface area contributed by atoms with Gasteiger partial charge in [0.15, 0.2) is 6.23 Å². The Hall–Kier alpha value is -1.82. The summed E-state index contributed by atoms with van der Waals surface area (Å²) in [7, 11) is 0. The highest BCUT2D eigenvalue weighted by Gasteiger charge is 2.08. The minimum atomic E-state index is -0.741. The molecule has 2 aromatic rings. The van der Waals surface area contributed by atoms with Crippen LogP contribution in [0.4, 0.5) is 0 Å². The van der Waals surface area contributed by atoms with Crippen LogP contribution >= 0.6 is 0 Å². The van der Waals surface area contributed by atoms with Crippen LogP contribution in [-0.4, -0.2) is 30.3 Å². The van der Waals surface area contributed by atoms with E-state index in [0.717, 1.165) is 5.56 Å². The number of tetrazole rings is 1. The minimum Gasteiger partial charge on any atom is -0.371 e. The van der Waals surface area contributed by atoms with E-state index in [1.54, 1.807) is 12.4 Å². The highest BCUT2D eigenvalue weighted by atomic mass is 16.3. The van der Waals surface area contributed by atoms with Crippen LogP contribution in [0.3, 0.4) is 0 Å². The van der Waals surface area contributed by atoms with Crippen molar-refractivity contribution in [1.29, 1.82) is 0 Å². The molecule has 1 N–H and O–H groups in total. The Bertz CT molecular complexity index is 374. The van der Waals surface area contributed by atoms with Gasteiger partial charge in [0.2, 0.25) is 0 Å². The minimum absolute atomic E-state index is 0.443. The number of nitrogens with zero attached hydrogens (tertiary/aromatic N) is 5. The summed E-state index contributed by atoms with van der Waals surface area (Å²) >= 11 is 0. The fraction of sp³-hybridized carbons (Fsp3) is 0.250. The third kappa shape index (κ3) is 1.91. The van der Waals surface area contributed by atoms with E-state index in [2.05, 4.69) is 20.5 Å². The zero-order valence-corrected chi connectivity index (χ0v) is 7.35. The van der Waals surface area contributed by atoms with E-state index in [4.69, 9.17) is 0 Å². The normalized spacial score (nSPS) is 12.6. The highest BCUT2D eigenvalue weighted by molar-refractivity contribution is 5.08. The molecular formula is C8H9N5O. The van der Waals surface area contributed by atoms with E-state index < -0.39 is 6.23 Å². The zero-order valence-electron chi connectivity index (χ0n) is 7.35. The van der Waals surface area contributed by atoms with Gasteiger partial charge in [-0.2, -0.15) is 0 Å². The standard InChI is InChI=1S/C8H9N5O/c14-8(13-6-10-11-12-13)4-7-2-1-3-9-5-7/h1-3,5-6,8,14H,4H2. The molecule has 2 aromatic heterocycles. The van der Waals surface area contributed by atoms with Crippen molar-refractivity contribution < 1.29 is 5.11 Å². The molecule has 0 spiro atoms. The van der Waals surface area contributed by atoms with Crippen molar-refractivity contribution in [3.63, 3.8) is 0 Å². The summed E-state index contributed by atoms with van der Waals surface area (Å²) in [6, 6.07) is 3.71. The Kier molecular flexibility index (Phi) is 2.46. The molecule has 0 saturated carbocycles. The second kappa shape index (κ2) is 3.93. The van der Waals surface area contributed by atoms with Crippen molar-refractivity contribution in [2.45, 2.75) is 12.6 Å². The summed E-state index contributed by atoms with van der Waals surface area (Å²) < 4.78 is 1.30. The van der Waals surface area contributed by atoms with Gasteiger partial charge in [-0.3, -0.25) is 4.98 Å². The van der Waals surface area contributed by atoms with E-state index in [1.165, 1.54) is 11.0 Å². The zero-order chi connectivity index (χ0) is 9.80. The molecule has 0 radical (unpaired) electrons. The van der Waals surface area contributed by atoms with Crippen molar-refractivity contribution in [3.05, 3.63) is 36.4 Å². The SMILES string of the molecule is OC(Cc1cccnc1)n1cnnn1. The summed E-state index contributed by atoms with van der Waals surface area (Å²) in [5, 5.41) is 20.1. The van der Waals surface area contributed by atoms with Crippen molar-refractivity contribution in [2.75, 3.05) is 0 Å². The van der Waals surface area contributed by atoms with Crippen LogP contribution in [0.2, 0.25) is 0 Å². The van der Waals surface area contributed by atoms with Crippen LogP contribution in [0, 0.1) is 0 Å². The van der Waals surface area contributed by atoms with E-state index in [1.807, 2.05) is 12.1 Å². The molecule has 0 aliphatic rings. The van der Waals surface area contributed by atoms with Crippen LogP contribution in [0.5, 0.6) is 0 Å². The molecule has 0 aromatic carbocycles. The van der Waals surface area contributed by atoms with Crippen LogP contribution in [-0.2, 0) is 6.42 Å². The van der Waals surface area contributed by atoms with Gasteiger partial charge < -0.3 is 5.11 Å². The number of aliphatic hydroxyl groups excluding tert-OH is 1. The van der Waals surface area contributed by atoms with Gasteiger partial charge in [-0.05, 0) is 22.1 Å². The van der Waals surface area contributed by atoms with Crippen molar-refractivity contribution in [2.24, 2.45) is 0 Å². The molecular weight excluding hydrogens is 182 g/mol. The molecule has 0 saturated heterocycles. The molecule has 72 valence electrons. The largest absolute Gasteiger partial charge is 0.371 e. The molecule has 2 heterocycles. The van der Waals surface area contributed by atoms with E-state index in [0.29, 0.717) is 6.42 Å². The second-order valence-corrected chi connectivity index (χ2v) is 2.84. The van der Waals surface area contributed by atoms with Crippen LogP contribution in [0.15, 0.2) is 30.9 Å². The number of rotatable bonds is 3. The molecule has 0 amide bonds. The van der Waals surface area contributed by atoms with Crippen LogP contribution in [0.1, 0.15) is 11.8 Å². The monoisotopic (exact) mass is 191 g/mol. The van der Waals surface area contributed by atoms with Crippen molar-refractivity contribution in [1.82, 2.24) is 25.2 Å². The van der Waals surface area contributed by atoms with Gasteiger partial charge >= 0.3 is 0 Å². The quantitative estimate of drug-likeness (QED) is 0.727. The summed E-state index contributed by atoms with van der Waals surface area (Å²) in [6.07, 6.45) is 4.47. The van der Waals surface area contributed by atoms with Crippen molar-refractivity contribution in [3.8, 4) is 0 Å². The molecule has 0 aliphatic heterocycles. The molecule has 0 fully saturated rings. The van der Waals surface area contributed by atoms with Gasteiger partial charge in [0.05, 0.1) is 0 Å². The second-order valence-electron chi connectivity index (χ2n) is 2.84. The predicted octanol–water partition coefficient (Wildman–Crippen LogP) is -0.198. The number of hydrogen-bond donors (Lipinski definition) is 1. The Labute approximate surface area is 80.2 Å². The molecule has 2 rings (SSSR count). The Morgan fingerprint density at radius 3 is 3.07 bits per heavy atom. The summed E-state index contributed by atoms with van der Waals surface area (Å²) in [4.78, 5) is 3.95. The predicted molar refractivity (Wildman–Crippen MR) is 47.0 cm³/mol. The number of pyridine rings is 1.